The van der Waals surface area contributed by atoms with Crippen molar-refractivity contribution >= 4 is 40.9 Å². The lowest BCUT2D eigenvalue weighted by atomic mass is 10.1. The fraction of sp³-hybridized carbons (Fsp3) is 0.118. The van der Waals surface area contributed by atoms with Gasteiger partial charge < -0.3 is 14.8 Å². The number of anilines is 1. The van der Waals surface area contributed by atoms with E-state index in [0.29, 0.717) is 32.8 Å². The first-order chi connectivity index (χ1) is 11.1. The average Bonchev–Trinajstić information content (AvgIpc) is 2.56. The molecule has 120 valence electrons. The van der Waals surface area contributed by atoms with Crippen LogP contribution in [0.1, 0.15) is 5.56 Å². The molecule has 0 bridgehead atoms. The zero-order valence-electron chi connectivity index (χ0n) is 12.6. The first kappa shape index (κ1) is 17.2. The third kappa shape index (κ3) is 4.18. The number of halogens is 2. The van der Waals surface area contributed by atoms with E-state index in [0.717, 1.165) is 0 Å². The number of nitrogens with one attached hydrogen (secondary N) is 1. The van der Waals surface area contributed by atoms with Crippen LogP contribution < -0.4 is 14.8 Å². The van der Waals surface area contributed by atoms with E-state index in [1.165, 1.54) is 6.08 Å². The van der Waals surface area contributed by atoms with Gasteiger partial charge in [0.05, 0.1) is 35.5 Å². The summed E-state index contributed by atoms with van der Waals surface area (Å²) >= 11 is 12.0. The van der Waals surface area contributed by atoms with Crippen molar-refractivity contribution in [3.63, 3.8) is 0 Å². The monoisotopic (exact) mass is 351 g/mol. The topological polar surface area (TPSA) is 47.6 Å². The first-order valence-electron chi connectivity index (χ1n) is 6.71. The number of para-hydroxylation sites is 1. The van der Waals surface area contributed by atoms with Crippen LogP contribution in [0.15, 0.2) is 42.5 Å². The zero-order chi connectivity index (χ0) is 16.8. The summed E-state index contributed by atoms with van der Waals surface area (Å²) in [6.07, 6.45) is 2.97. The van der Waals surface area contributed by atoms with Gasteiger partial charge in [0.2, 0.25) is 5.91 Å². The van der Waals surface area contributed by atoms with Gasteiger partial charge in [-0.05, 0) is 30.3 Å². The lowest BCUT2D eigenvalue weighted by molar-refractivity contribution is -0.111. The number of methoxy groups -OCH3 is 2. The third-order valence-electron chi connectivity index (χ3n) is 3.08. The predicted molar refractivity (Wildman–Crippen MR) is 93.7 cm³/mol. The molecule has 0 aliphatic carbocycles. The van der Waals surface area contributed by atoms with Gasteiger partial charge in [-0.1, -0.05) is 35.3 Å². The summed E-state index contributed by atoms with van der Waals surface area (Å²) in [7, 11) is 3.10. The molecule has 0 fully saturated rings. The molecule has 4 nitrogen and oxygen atoms in total. The number of amides is 1. The van der Waals surface area contributed by atoms with E-state index in [9.17, 15) is 4.79 Å². The van der Waals surface area contributed by atoms with Gasteiger partial charge in [0.15, 0.2) is 0 Å². The smallest absolute Gasteiger partial charge is 0.248 e. The van der Waals surface area contributed by atoms with Crippen LogP contribution in [0.2, 0.25) is 10.0 Å². The van der Waals surface area contributed by atoms with E-state index in [1.54, 1.807) is 56.7 Å². The van der Waals surface area contributed by atoms with Crippen molar-refractivity contribution in [1.82, 2.24) is 0 Å². The molecule has 0 atom stereocenters. The summed E-state index contributed by atoms with van der Waals surface area (Å²) in [5, 5.41) is 3.39. The van der Waals surface area contributed by atoms with Crippen molar-refractivity contribution < 1.29 is 14.3 Å². The van der Waals surface area contributed by atoms with Gasteiger partial charge in [0.25, 0.3) is 0 Å². The standard InChI is InChI=1S/C17H15Cl2NO3/c1-22-14-7-4-8-15(23-2)11(14)9-10-16(21)20-17-12(18)5-3-6-13(17)19/h3-10H,1-2H3,(H,20,21)/b10-9+. The maximum absolute atomic E-state index is 12.1. The van der Waals surface area contributed by atoms with Gasteiger partial charge in [0, 0.05) is 6.08 Å². The van der Waals surface area contributed by atoms with Crippen molar-refractivity contribution in [1.29, 1.82) is 0 Å². The van der Waals surface area contributed by atoms with E-state index in [1.807, 2.05) is 0 Å². The van der Waals surface area contributed by atoms with Crippen LogP contribution in [0.5, 0.6) is 11.5 Å². The fourth-order valence-electron chi connectivity index (χ4n) is 1.99. The van der Waals surface area contributed by atoms with Crippen molar-refractivity contribution in [3.8, 4) is 11.5 Å². The van der Waals surface area contributed by atoms with E-state index in [2.05, 4.69) is 5.32 Å². The molecule has 1 amide bonds. The molecule has 2 aromatic carbocycles. The zero-order valence-corrected chi connectivity index (χ0v) is 14.1. The minimum atomic E-state index is -0.368. The molecule has 1 N–H and O–H groups in total. The SMILES string of the molecule is COc1cccc(OC)c1/C=C/C(=O)Nc1c(Cl)cccc1Cl. The molecular weight excluding hydrogens is 337 g/mol. The lowest BCUT2D eigenvalue weighted by Gasteiger charge is -2.10. The first-order valence-corrected chi connectivity index (χ1v) is 7.46. The summed E-state index contributed by atoms with van der Waals surface area (Å²) in [5.74, 6) is 0.835. The maximum atomic E-state index is 12.1. The quantitative estimate of drug-likeness (QED) is 0.796. The largest absolute Gasteiger partial charge is 0.496 e. The Morgan fingerprint density at radius 3 is 2.04 bits per heavy atom. The van der Waals surface area contributed by atoms with Crippen LogP contribution in [-0.4, -0.2) is 20.1 Å². The molecule has 0 aliphatic rings. The number of ether oxygens (including phenoxy) is 2. The van der Waals surface area contributed by atoms with Crippen LogP contribution in [0.3, 0.4) is 0 Å². The Labute approximate surface area is 144 Å². The van der Waals surface area contributed by atoms with Crippen LogP contribution in [0.25, 0.3) is 6.08 Å². The molecule has 0 saturated carbocycles. The molecule has 0 unspecified atom stereocenters. The Balaban J connectivity index is 2.22. The van der Waals surface area contributed by atoms with Gasteiger partial charge >= 0.3 is 0 Å². The molecule has 0 saturated heterocycles. The highest BCUT2D eigenvalue weighted by Gasteiger charge is 2.09. The molecule has 23 heavy (non-hydrogen) atoms. The van der Waals surface area contributed by atoms with Crippen molar-refractivity contribution in [2.45, 2.75) is 0 Å². The highest BCUT2D eigenvalue weighted by atomic mass is 35.5. The summed E-state index contributed by atoms with van der Waals surface area (Å²) in [6.45, 7) is 0. The van der Waals surface area contributed by atoms with Crippen LogP contribution in [-0.2, 0) is 4.79 Å². The second-order valence-corrected chi connectivity index (χ2v) is 5.31. The summed E-state index contributed by atoms with van der Waals surface area (Å²) in [4.78, 5) is 12.1. The third-order valence-corrected chi connectivity index (χ3v) is 3.71. The molecule has 6 heteroatoms. The average molecular weight is 352 g/mol. The van der Waals surface area contributed by atoms with Gasteiger partial charge in [-0.3, -0.25) is 4.79 Å². The van der Waals surface area contributed by atoms with E-state index < -0.39 is 0 Å². The number of hydrogen-bond acceptors (Lipinski definition) is 3. The minimum absolute atomic E-state index is 0.368. The molecule has 0 aliphatic heterocycles. The van der Waals surface area contributed by atoms with Crippen LogP contribution in [0.4, 0.5) is 5.69 Å². The number of carbonyl (C=O) groups is 1. The van der Waals surface area contributed by atoms with Crippen molar-refractivity contribution in [2.75, 3.05) is 19.5 Å². The number of rotatable bonds is 5. The van der Waals surface area contributed by atoms with E-state index in [-0.39, 0.29) is 5.91 Å². The summed E-state index contributed by atoms with van der Waals surface area (Å²) < 4.78 is 10.5. The van der Waals surface area contributed by atoms with Crippen LogP contribution in [0, 0.1) is 0 Å². The predicted octanol–water partition coefficient (Wildman–Crippen LogP) is 4.66. The second kappa shape index (κ2) is 7.90. The Kier molecular flexibility index (Phi) is 5.90. The molecule has 0 radical (unpaired) electrons. The Morgan fingerprint density at radius 2 is 1.52 bits per heavy atom. The molecule has 0 aromatic heterocycles. The van der Waals surface area contributed by atoms with E-state index in [4.69, 9.17) is 32.7 Å². The Hall–Kier alpha value is -2.17. The van der Waals surface area contributed by atoms with Gasteiger partial charge in [-0.2, -0.15) is 0 Å². The Morgan fingerprint density at radius 1 is 1.00 bits per heavy atom. The highest BCUT2D eigenvalue weighted by molar-refractivity contribution is 6.39. The number of carbonyl (C=O) groups excluding carboxylic acids is 1. The Bertz CT molecular complexity index is 702. The number of hydrogen-bond donors (Lipinski definition) is 1. The maximum Gasteiger partial charge on any atom is 0.248 e. The van der Waals surface area contributed by atoms with Gasteiger partial charge in [-0.25, -0.2) is 0 Å². The van der Waals surface area contributed by atoms with Crippen molar-refractivity contribution in [3.05, 3.63) is 58.1 Å². The molecular formula is C17H15Cl2NO3. The fourth-order valence-corrected chi connectivity index (χ4v) is 2.48. The summed E-state index contributed by atoms with van der Waals surface area (Å²) in [5.41, 5.74) is 1.04. The molecule has 2 aromatic rings. The molecule has 0 spiro atoms. The second-order valence-electron chi connectivity index (χ2n) is 4.50. The summed E-state index contributed by atoms with van der Waals surface area (Å²) in [6, 6.07) is 10.4. The number of benzene rings is 2. The van der Waals surface area contributed by atoms with Gasteiger partial charge in [0.1, 0.15) is 11.5 Å². The van der Waals surface area contributed by atoms with Crippen LogP contribution >= 0.6 is 23.2 Å². The molecule has 2 rings (SSSR count). The highest BCUT2D eigenvalue weighted by Crippen LogP contribution is 2.31. The minimum Gasteiger partial charge on any atom is -0.496 e. The van der Waals surface area contributed by atoms with E-state index >= 15 is 0 Å². The normalized spacial score (nSPS) is 10.6. The van der Waals surface area contributed by atoms with Gasteiger partial charge in [-0.15, -0.1) is 0 Å². The van der Waals surface area contributed by atoms with Crippen molar-refractivity contribution in [2.24, 2.45) is 0 Å². The lowest BCUT2D eigenvalue weighted by Crippen LogP contribution is -2.08. The molecule has 0 heterocycles.